The zero-order valence-electron chi connectivity index (χ0n) is 11.0. The molecule has 22 heavy (non-hydrogen) atoms. The maximum absolute atomic E-state index is 10.2. The predicted octanol–water partition coefficient (Wildman–Crippen LogP) is 1.96. The van der Waals surface area contributed by atoms with Gasteiger partial charge in [0.05, 0.1) is 5.56 Å². The molecule has 112 valence electrons. The van der Waals surface area contributed by atoms with Crippen LogP contribution in [0.5, 0.6) is 5.75 Å². The van der Waals surface area contributed by atoms with Crippen LogP contribution < -0.4 is 0 Å². The Morgan fingerprint density at radius 1 is 0.909 bits per heavy atom. The molecule has 0 aliphatic heterocycles. The van der Waals surface area contributed by atoms with Gasteiger partial charge < -0.3 is 15.3 Å². The molecule has 6 heteroatoms. The predicted molar refractivity (Wildman–Crippen MR) is 86.7 cm³/mol. The summed E-state index contributed by atoms with van der Waals surface area (Å²) in [4.78, 5) is 20.3. The molecule has 0 fully saturated rings. The molecule has 0 unspecified atom stereocenters. The van der Waals surface area contributed by atoms with Crippen LogP contribution in [-0.2, 0) is 4.79 Å². The zero-order chi connectivity index (χ0) is 15.7. The molecule has 0 aromatic heterocycles. The molecule has 0 radical (unpaired) electrons. The van der Waals surface area contributed by atoms with Crippen molar-refractivity contribution in [1.82, 2.24) is 0 Å². The molecule has 0 heterocycles. The maximum atomic E-state index is 10.2. The van der Waals surface area contributed by atoms with Crippen molar-refractivity contribution in [3.63, 3.8) is 0 Å². The van der Waals surface area contributed by atoms with Crippen molar-refractivity contribution in [1.29, 1.82) is 0 Å². The third-order valence-electron chi connectivity index (χ3n) is 2.31. The van der Waals surface area contributed by atoms with Crippen LogP contribution in [0.15, 0.2) is 60.7 Å². The summed E-state index contributed by atoms with van der Waals surface area (Å²) < 4.78 is 0. The van der Waals surface area contributed by atoms with Crippen LogP contribution in [0.3, 0.4) is 0 Å². The average molecular weight is 328 g/mol. The molecule has 5 nitrogen and oxygen atoms in total. The van der Waals surface area contributed by atoms with Crippen LogP contribution in [0.2, 0.25) is 0 Å². The number of carbonyl (C=O) groups is 2. The first-order valence-electron chi connectivity index (χ1n) is 5.97. The first kappa shape index (κ1) is 20.2. The van der Waals surface area contributed by atoms with Crippen LogP contribution in [0, 0.1) is 0 Å². The molecule has 0 aliphatic carbocycles. The number of hydrogen-bond donors (Lipinski definition) is 3. The fourth-order valence-corrected chi connectivity index (χ4v) is 1.38. The van der Waals surface area contributed by atoms with Crippen molar-refractivity contribution in [2.45, 2.75) is 0 Å². The Morgan fingerprint density at radius 2 is 1.55 bits per heavy atom. The van der Waals surface area contributed by atoms with Crippen molar-refractivity contribution < 1.29 is 24.9 Å². The Balaban J connectivity index is 0.000000397. The quantitative estimate of drug-likeness (QED) is 0.591. The molecule has 2 aromatic carbocycles. The van der Waals surface area contributed by atoms with Crippen molar-refractivity contribution in [2.24, 2.45) is 0 Å². The Kier molecular flexibility index (Phi) is 9.95. The number of aromatic carboxylic acids is 1. The Bertz CT molecular complexity index is 638. The Morgan fingerprint density at radius 3 is 2.00 bits per heavy atom. The summed E-state index contributed by atoms with van der Waals surface area (Å²) in [5.74, 6) is -1.75. The summed E-state index contributed by atoms with van der Waals surface area (Å²) in [5, 5.41) is 25.7. The van der Waals surface area contributed by atoms with Crippen molar-refractivity contribution in [2.75, 3.05) is 0 Å². The second-order valence-corrected chi connectivity index (χ2v) is 3.94. The Hall–Kier alpha value is -1.82. The standard InChI is InChI=1S/C9H8O3.C7H6O2.Ca.2H/c10-8-3-1-2-7(6-8)4-5-9(11)12;8-7(9)6-4-2-1-3-5-6;;;/h1-6,10H,(H,11,12);1-5H,(H,8,9);;;. The fraction of sp³-hybridized carbons (Fsp3) is 0. The van der Waals surface area contributed by atoms with E-state index in [1.807, 2.05) is 0 Å². The first-order valence-corrected chi connectivity index (χ1v) is 5.97. The third kappa shape index (κ3) is 8.46. The van der Waals surface area contributed by atoms with E-state index < -0.39 is 11.9 Å². The number of benzene rings is 2. The summed E-state index contributed by atoms with van der Waals surface area (Å²) in [6.45, 7) is 0. The van der Waals surface area contributed by atoms with Gasteiger partial charge in [-0.2, -0.15) is 0 Å². The van der Waals surface area contributed by atoms with Crippen molar-refractivity contribution in [3.8, 4) is 5.75 Å². The van der Waals surface area contributed by atoms with Crippen LogP contribution in [0.25, 0.3) is 6.08 Å². The summed E-state index contributed by atoms with van der Waals surface area (Å²) in [6, 6.07) is 14.7. The van der Waals surface area contributed by atoms with E-state index >= 15 is 0 Å². The van der Waals surface area contributed by atoms with E-state index in [4.69, 9.17) is 15.3 Å². The molecule has 3 N–H and O–H groups in total. The number of aromatic hydroxyl groups is 1. The third-order valence-corrected chi connectivity index (χ3v) is 2.31. The van der Waals surface area contributed by atoms with Gasteiger partial charge in [0.2, 0.25) is 0 Å². The van der Waals surface area contributed by atoms with Crippen LogP contribution in [0.1, 0.15) is 15.9 Å². The van der Waals surface area contributed by atoms with E-state index in [-0.39, 0.29) is 43.5 Å². The molecule has 0 amide bonds. The minimum atomic E-state index is -1.00. The van der Waals surface area contributed by atoms with E-state index in [0.29, 0.717) is 11.1 Å². The number of carboxylic acid groups (broad SMARTS) is 2. The van der Waals surface area contributed by atoms with Crippen LogP contribution in [0.4, 0.5) is 0 Å². The topological polar surface area (TPSA) is 94.8 Å². The van der Waals surface area contributed by atoms with Gasteiger partial charge in [-0.05, 0) is 35.9 Å². The van der Waals surface area contributed by atoms with Crippen molar-refractivity contribution >= 4 is 55.8 Å². The number of carboxylic acids is 2. The Labute approximate surface area is 157 Å². The number of phenols is 1. The van der Waals surface area contributed by atoms with E-state index in [1.165, 1.54) is 18.2 Å². The summed E-state index contributed by atoms with van der Waals surface area (Å²) in [5.41, 5.74) is 0.995. The van der Waals surface area contributed by atoms with Gasteiger partial charge in [0, 0.05) is 6.08 Å². The van der Waals surface area contributed by atoms with Gasteiger partial charge in [-0.15, -0.1) is 0 Å². The van der Waals surface area contributed by atoms with E-state index in [9.17, 15) is 9.59 Å². The SMILES string of the molecule is O=C(O)C=Cc1cccc(O)c1.O=C(O)c1ccccc1.[CaH2]. The summed E-state index contributed by atoms with van der Waals surface area (Å²) in [7, 11) is 0. The van der Waals surface area contributed by atoms with Crippen LogP contribution in [-0.4, -0.2) is 65.0 Å². The first-order chi connectivity index (χ1) is 9.99. The number of hydrogen-bond acceptors (Lipinski definition) is 3. The molecule has 0 bridgehead atoms. The van der Waals surface area contributed by atoms with Gasteiger partial charge in [-0.25, -0.2) is 9.59 Å². The molecular weight excluding hydrogens is 312 g/mol. The van der Waals surface area contributed by atoms with E-state index in [2.05, 4.69) is 0 Å². The fourth-order valence-electron chi connectivity index (χ4n) is 1.38. The number of phenolic OH excluding ortho intramolecular Hbond substituents is 1. The molecule has 0 spiro atoms. The number of aliphatic carboxylic acids is 1. The van der Waals surface area contributed by atoms with E-state index in [0.717, 1.165) is 6.08 Å². The summed E-state index contributed by atoms with van der Waals surface area (Å²) >= 11 is 0. The molecule has 2 aromatic rings. The molecular formula is C16H16CaO5. The second kappa shape index (κ2) is 10.8. The van der Waals surface area contributed by atoms with Crippen LogP contribution >= 0.6 is 0 Å². The second-order valence-electron chi connectivity index (χ2n) is 3.94. The molecule has 0 saturated heterocycles. The van der Waals surface area contributed by atoms with Gasteiger partial charge in [0.15, 0.2) is 0 Å². The van der Waals surface area contributed by atoms with Crippen molar-refractivity contribution in [3.05, 3.63) is 71.8 Å². The van der Waals surface area contributed by atoms with Gasteiger partial charge in [-0.3, -0.25) is 0 Å². The average Bonchev–Trinajstić information content (AvgIpc) is 2.47. The van der Waals surface area contributed by atoms with Gasteiger partial charge in [0.25, 0.3) is 0 Å². The zero-order valence-corrected chi connectivity index (χ0v) is 11.0. The van der Waals surface area contributed by atoms with E-state index in [1.54, 1.807) is 42.5 Å². The molecule has 0 atom stereocenters. The minimum absolute atomic E-state index is 0. The van der Waals surface area contributed by atoms with Gasteiger partial charge >= 0.3 is 49.7 Å². The van der Waals surface area contributed by atoms with Gasteiger partial charge in [-0.1, -0.05) is 30.3 Å². The molecule has 0 aliphatic rings. The molecule has 0 saturated carbocycles. The monoisotopic (exact) mass is 328 g/mol. The normalized spacial score (nSPS) is 9.27. The summed E-state index contributed by atoms with van der Waals surface area (Å²) in [6.07, 6.45) is 2.44. The number of rotatable bonds is 3. The van der Waals surface area contributed by atoms with Gasteiger partial charge in [0.1, 0.15) is 5.75 Å². The molecule has 2 rings (SSSR count).